The average molecular weight is 498 g/mol. The second-order valence-electron chi connectivity index (χ2n) is 9.05. The van der Waals surface area contributed by atoms with Crippen LogP contribution >= 0.6 is 0 Å². The molecule has 1 heterocycles. The highest BCUT2D eigenvalue weighted by Gasteiger charge is 2.28. The summed E-state index contributed by atoms with van der Waals surface area (Å²) in [5.74, 6) is -0.692. The average Bonchev–Trinajstić information content (AvgIpc) is 2.90. The molecule has 0 saturated carbocycles. The minimum Gasteiger partial charge on any atom is -0.497 e. The zero-order chi connectivity index (χ0) is 26.1. The van der Waals surface area contributed by atoms with Gasteiger partial charge in [0.15, 0.2) is 6.61 Å². The number of benzene rings is 2. The summed E-state index contributed by atoms with van der Waals surface area (Å²) in [4.78, 5) is 42.3. The van der Waals surface area contributed by atoms with Gasteiger partial charge in [-0.3, -0.25) is 14.5 Å². The van der Waals surface area contributed by atoms with Gasteiger partial charge in [0.2, 0.25) is 0 Å². The Hall–Kier alpha value is -3.59. The van der Waals surface area contributed by atoms with Gasteiger partial charge in [-0.25, -0.2) is 4.79 Å². The van der Waals surface area contributed by atoms with Crippen molar-refractivity contribution in [2.45, 2.75) is 26.4 Å². The Kier molecular flexibility index (Phi) is 9.69. The molecule has 9 nitrogen and oxygen atoms in total. The molecule has 0 aromatic heterocycles. The molecule has 1 fully saturated rings. The fourth-order valence-electron chi connectivity index (χ4n) is 3.97. The lowest BCUT2D eigenvalue weighted by atomic mass is 10.0. The third kappa shape index (κ3) is 7.45. The van der Waals surface area contributed by atoms with Crippen LogP contribution in [0.3, 0.4) is 0 Å². The van der Waals surface area contributed by atoms with Crippen molar-refractivity contribution in [1.29, 1.82) is 0 Å². The highest BCUT2D eigenvalue weighted by molar-refractivity contribution is 5.97. The first-order chi connectivity index (χ1) is 17.3. The van der Waals surface area contributed by atoms with Gasteiger partial charge in [0.1, 0.15) is 17.5 Å². The molecule has 3 rings (SSSR count). The molecule has 1 N–H and O–H groups in total. The second kappa shape index (κ2) is 12.9. The number of nitrogens with zero attached hydrogens (tertiary/aromatic N) is 2. The maximum absolute atomic E-state index is 12.8. The molecule has 0 unspecified atom stereocenters. The number of piperazine rings is 1. The van der Waals surface area contributed by atoms with Gasteiger partial charge in [0, 0.05) is 44.4 Å². The van der Waals surface area contributed by atoms with Crippen LogP contribution in [0.1, 0.15) is 29.8 Å². The second-order valence-corrected chi connectivity index (χ2v) is 9.05. The largest absolute Gasteiger partial charge is 0.497 e. The number of rotatable bonds is 10. The monoisotopic (exact) mass is 497 g/mol. The molecule has 0 radical (unpaired) electrons. The molecule has 36 heavy (non-hydrogen) atoms. The zero-order valence-electron chi connectivity index (χ0n) is 21.4. The summed E-state index contributed by atoms with van der Waals surface area (Å²) in [6.07, 6.45) is 0. The number of carbonyl (C=O) groups is 3. The van der Waals surface area contributed by atoms with Gasteiger partial charge >= 0.3 is 5.97 Å². The first kappa shape index (κ1) is 27.0. The molecule has 0 bridgehead atoms. The van der Waals surface area contributed by atoms with Crippen molar-refractivity contribution in [1.82, 2.24) is 15.1 Å². The van der Waals surface area contributed by atoms with Crippen LogP contribution in [0.5, 0.6) is 11.5 Å². The molecule has 2 aromatic carbocycles. The van der Waals surface area contributed by atoms with E-state index in [0.717, 1.165) is 19.6 Å². The molecule has 1 saturated heterocycles. The van der Waals surface area contributed by atoms with Gasteiger partial charge in [-0.1, -0.05) is 44.2 Å². The Morgan fingerprint density at radius 1 is 0.917 bits per heavy atom. The van der Waals surface area contributed by atoms with Crippen molar-refractivity contribution >= 4 is 17.8 Å². The number of amides is 2. The van der Waals surface area contributed by atoms with Crippen LogP contribution in [0.25, 0.3) is 0 Å². The maximum atomic E-state index is 12.8. The van der Waals surface area contributed by atoms with Crippen molar-refractivity contribution in [2.75, 3.05) is 47.0 Å². The number of ether oxygens (including phenoxy) is 3. The first-order valence-electron chi connectivity index (χ1n) is 12.0. The molecule has 2 aromatic rings. The lowest BCUT2D eigenvalue weighted by molar-refractivity contribution is -0.155. The topological polar surface area (TPSA) is 97.4 Å². The smallest absolute Gasteiger partial charge is 0.329 e. The molecule has 1 aliphatic rings. The predicted molar refractivity (Wildman–Crippen MR) is 135 cm³/mol. The van der Waals surface area contributed by atoms with E-state index >= 15 is 0 Å². The summed E-state index contributed by atoms with van der Waals surface area (Å²) in [5, 5.41) is 2.71. The normalized spacial score (nSPS) is 14.8. The summed E-state index contributed by atoms with van der Waals surface area (Å²) < 4.78 is 15.7. The number of nitrogens with one attached hydrogen (secondary N) is 1. The Balaban J connectivity index is 1.50. The summed E-state index contributed by atoms with van der Waals surface area (Å²) in [6.45, 7) is 6.73. The Bertz CT molecular complexity index is 1010. The van der Waals surface area contributed by atoms with Crippen LogP contribution in [0.2, 0.25) is 0 Å². The Morgan fingerprint density at radius 3 is 2.08 bits per heavy atom. The van der Waals surface area contributed by atoms with Crippen LogP contribution in [-0.2, 0) is 20.9 Å². The van der Waals surface area contributed by atoms with Gasteiger partial charge in [-0.05, 0) is 23.6 Å². The summed E-state index contributed by atoms with van der Waals surface area (Å²) in [5.41, 5.74) is 1.52. The van der Waals surface area contributed by atoms with Gasteiger partial charge in [0.25, 0.3) is 11.8 Å². The maximum Gasteiger partial charge on any atom is 0.329 e. The molecule has 1 aliphatic heterocycles. The van der Waals surface area contributed by atoms with E-state index in [0.29, 0.717) is 24.6 Å². The molecular formula is C27H35N3O6. The quantitative estimate of drug-likeness (QED) is 0.503. The van der Waals surface area contributed by atoms with E-state index in [-0.39, 0.29) is 24.0 Å². The number of carbonyl (C=O) groups excluding carboxylic acids is 3. The van der Waals surface area contributed by atoms with Crippen molar-refractivity contribution in [3.63, 3.8) is 0 Å². The Morgan fingerprint density at radius 2 is 1.53 bits per heavy atom. The first-order valence-corrected chi connectivity index (χ1v) is 12.0. The van der Waals surface area contributed by atoms with E-state index in [1.165, 1.54) is 19.8 Å². The minimum absolute atomic E-state index is 0.242. The van der Waals surface area contributed by atoms with Gasteiger partial charge in [-0.15, -0.1) is 0 Å². The highest BCUT2D eigenvalue weighted by Crippen LogP contribution is 2.22. The molecule has 0 spiro atoms. The Labute approximate surface area is 212 Å². The van der Waals surface area contributed by atoms with Crippen LogP contribution in [0.4, 0.5) is 0 Å². The predicted octanol–water partition coefficient (Wildman–Crippen LogP) is 2.35. The van der Waals surface area contributed by atoms with E-state index in [4.69, 9.17) is 14.2 Å². The van der Waals surface area contributed by atoms with Crippen LogP contribution in [0.15, 0.2) is 48.5 Å². The number of hydrogen-bond acceptors (Lipinski definition) is 7. The van der Waals surface area contributed by atoms with E-state index in [1.54, 1.807) is 36.9 Å². The van der Waals surface area contributed by atoms with E-state index in [9.17, 15) is 14.4 Å². The molecule has 9 heteroatoms. The van der Waals surface area contributed by atoms with Crippen LogP contribution in [-0.4, -0.2) is 80.6 Å². The van der Waals surface area contributed by atoms with Gasteiger partial charge in [0.05, 0.1) is 14.2 Å². The van der Waals surface area contributed by atoms with Gasteiger partial charge in [-0.2, -0.15) is 0 Å². The zero-order valence-corrected chi connectivity index (χ0v) is 21.4. The van der Waals surface area contributed by atoms with Crippen LogP contribution in [0, 0.1) is 5.92 Å². The van der Waals surface area contributed by atoms with Crippen molar-refractivity contribution in [2.24, 2.45) is 5.92 Å². The van der Waals surface area contributed by atoms with Gasteiger partial charge < -0.3 is 24.4 Å². The SMILES string of the molecule is COc1cc(OC)cc(C(=O)N[C@H](C(=O)OCC(=O)N2CCN(Cc3ccccc3)CC2)C(C)C)c1. The number of hydrogen-bond donors (Lipinski definition) is 1. The lowest BCUT2D eigenvalue weighted by Gasteiger charge is -2.34. The molecular weight excluding hydrogens is 462 g/mol. The van der Waals surface area contributed by atoms with Crippen molar-refractivity contribution < 1.29 is 28.6 Å². The highest BCUT2D eigenvalue weighted by atomic mass is 16.5. The molecule has 194 valence electrons. The summed E-state index contributed by atoms with van der Waals surface area (Å²) in [6, 6.07) is 14.1. The molecule has 0 aliphatic carbocycles. The summed E-state index contributed by atoms with van der Waals surface area (Å²) in [7, 11) is 2.98. The lowest BCUT2D eigenvalue weighted by Crippen LogP contribution is -2.50. The third-order valence-electron chi connectivity index (χ3n) is 6.13. The van der Waals surface area contributed by atoms with E-state index in [1.807, 2.05) is 18.2 Å². The fraction of sp³-hybridized carbons (Fsp3) is 0.444. The fourth-order valence-corrected chi connectivity index (χ4v) is 3.97. The summed E-state index contributed by atoms with van der Waals surface area (Å²) >= 11 is 0. The van der Waals surface area contributed by atoms with E-state index in [2.05, 4.69) is 22.3 Å². The third-order valence-corrected chi connectivity index (χ3v) is 6.13. The van der Waals surface area contributed by atoms with Crippen molar-refractivity contribution in [3.05, 3.63) is 59.7 Å². The number of methoxy groups -OCH3 is 2. The van der Waals surface area contributed by atoms with E-state index < -0.39 is 17.9 Å². The van der Waals surface area contributed by atoms with Crippen molar-refractivity contribution in [3.8, 4) is 11.5 Å². The molecule has 1 atom stereocenters. The van der Waals surface area contributed by atoms with Crippen LogP contribution < -0.4 is 14.8 Å². The number of esters is 1. The minimum atomic E-state index is -0.912. The molecule has 2 amide bonds. The standard InChI is InChI=1S/C27H35N3O6/c1-19(2)25(28-26(32)21-14-22(34-3)16-23(15-21)35-4)27(33)36-18-24(31)30-12-10-29(11-13-30)17-20-8-6-5-7-9-20/h5-9,14-16,19,25H,10-13,17-18H2,1-4H3,(H,28,32)/t25-/m0/s1.